The van der Waals surface area contributed by atoms with Gasteiger partial charge in [0, 0.05) is 11.1 Å². The SMILES string of the molecule is CSC(NC1CCCCC1)=C(C#N)S(=O)(=O)c1ccc(Cl)cc1. The molecule has 0 bridgehead atoms. The van der Waals surface area contributed by atoms with Crippen LogP contribution in [-0.4, -0.2) is 20.7 Å². The fraction of sp³-hybridized carbons (Fsp3) is 0.438. The Bertz CT molecular complexity index is 715. The summed E-state index contributed by atoms with van der Waals surface area (Å²) in [5, 5.41) is 13.6. The van der Waals surface area contributed by atoms with Gasteiger partial charge in [-0.3, -0.25) is 0 Å². The van der Waals surface area contributed by atoms with Gasteiger partial charge in [0.1, 0.15) is 6.07 Å². The van der Waals surface area contributed by atoms with Crippen LogP contribution in [0.25, 0.3) is 0 Å². The fourth-order valence-corrected chi connectivity index (χ4v) is 4.99. The molecule has 1 aliphatic carbocycles. The molecule has 1 aromatic carbocycles. The van der Waals surface area contributed by atoms with Crippen molar-refractivity contribution < 1.29 is 8.42 Å². The Balaban J connectivity index is 2.37. The van der Waals surface area contributed by atoms with Gasteiger partial charge in [0.05, 0.1) is 9.92 Å². The van der Waals surface area contributed by atoms with Crippen molar-refractivity contribution in [3.8, 4) is 6.07 Å². The minimum absolute atomic E-state index is 0.0791. The molecule has 0 radical (unpaired) electrons. The summed E-state index contributed by atoms with van der Waals surface area (Å²) in [6, 6.07) is 7.97. The normalized spacial score (nSPS) is 17.3. The van der Waals surface area contributed by atoms with E-state index in [-0.39, 0.29) is 15.8 Å². The number of nitrogens with one attached hydrogen (secondary N) is 1. The lowest BCUT2D eigenvalue weighted by Gasteiger charge is -2.25. The highest BCUT2D eigenvalue weighted by Crippen LogP contribution is 2.28. The van der Waals surface area contributed by atoms with E-state index in [1.54, 1.807) is 6.26 Å². The molecule has 0 atom stereocenters. The van der Waals surface area contributed by atoms with Crippen LogP contribution in [0.2, 0.25) is 5.02 Å². The molecule has 1 N–H and O–H groups in total. The summed E-state index contributed by atoms with van der Waals surface area (Å²) >= 11 is 7.07. The Labute approximate surface area is 146 Å². The zero-order valence-electron chi connectivity index (χ0n) is 12.9. The third-order valence-corrected chi connectivity index (χ3v) is 6.68. The van der Waals surface area contributed by atoms with Crippen LogP contribution in [0.5, 0.6) is 0 Å². The van der Waals surface area contributed by atoms with Crippen LogP contribution in [0.1, 0.15) is 32.1 Å². The van der Waals surface area contributed by atoms with Crippen LogP contribution in [0, 0.1) is 11.3 Å². The van der Waals surface area contributed by atoms with Crippen LogP contribution in [-0.2, 0) is 9.84 Å². The highest BCUT2D eigenvalue weighted by atomic mass is 35.5. The first kappa shape index (κ1) is 18.2. The van der Waals surface area contributed by atoms with E-state index >= 15 is 0 Å². The maximum absolute atomic E-state index is 12.7. The Hall–Kier alpha value is -1.16. The largest absolute Gasteiger partial charge is 0.375 e. The van der Waals surface area contributed by atoms with Crippen LogP contribution >= 0.6 is 23.4 Å². The van der Waals surface area contributed by atoms with Crippen LogP contribution in [0.15, 0.2) is 39.1 Å². The van der Waals surface area contributed by atoms with Crippen molar-refractivity contribution >= 4 is 33.2 Å². The van der Waals surface area contributed by atoms with E-state index in [1.807, 2.05) is 6.07 Å². The average molecular weight is 371 g/mol. The zero-order valence-corrected chi connectivity index (χ0v) is 15.3. The van der Waals surface area contributed by atoms with Gasteiger partial charge in [-0.1, -0.05) is 30.9 Å². The zero-order chi connectivity index (χ0) is 16.9. The van der Waals surface area contributed by atoms with Gasteiger partial charge in [-0.2, -0.15) is 5.26 Å². The van der Waals surface area contributed by atoms with Crippen LogP contribution < -0.4 is 5.32 Å². The Morgan fingerprint density at radius 2 is 1.87 bits per heavy atom. The Morgan fingerprint density at radius 1 is 1.26 bits per heavy atom. The number of rotatable bonds is 5. The van der Waals surface area contributed by atoms with Crippen molar-refractivity contribution in [1.82, 2.24) is 5.32 Å². The molecular formula is C16H19ClN2O2S2. The number of allylic oxidation sites excluding steroid dienone is 1. The molecule has 1 aromatic rings. The number of nitrogens with zero attached hydrogens (tertiary/aromatic N) is 1. The van der Waals surface area contributed by atoms with Gasteiger partial charge in [0.25, 0.3) is 0 Å². The second-order valence-corrected chi connectivity index (χ2v) is 8.55. The molecule has 7 heteroatoms. The molecular weight excluding hydrogens is 352 g/mol. The molecule has 0 aliphatic heterocycles. The highest BCUT2D eigenvalue weighted by Gasteiger charge is 2.26. The summed E-state index contributed by atoms with van der Waals surface area (Å²) in [6.07, 6.45) is 7.26. The lowest BCUT2D eigenvalue weighted by Crippen LogP contribution is -2.30. The third kappa shape index (κ3) is 4.43. The molecule has 1 aliphatic rings. The van der Waals surface area contributed by atoms with Gasteiger partial charge in [0.2, 0.25) is 9.84 Å². The van der Waals surface area contributed by atoms with Gasteiger partial charge in [0.15, 0.2) is 4.91 Å². The summed E-state index contributed by atoms with van der Waals surface area (Å²) in [5.41, 5.74) is 0. The van der Waals surface area contributed by atoms with Crippen molar-refractivity contribution in [2.75, 3.05) is 6.26 Å². The summed E-state index contributed by atoms with van der Waals surface area (Å²) in [7, 11) is -3.85. The smallest absolute Gasteiger partial charge is 0.219 e. The number of thioether (sulfide) groups is 1. The second kappa shape index (κ2) is 8.09. The molecule has 1 fully saturated rings. The molecule has 0 spiro atoms. The van der Waals surface area contributed by atoms with Crippen molar-refractivity contribution in [1.29, 1.82) is 5.26 Å². The molecule has 0 heterocycles. The van der Waals surface area contributed by atoms with Crippen molar-refractivity contribution in [3.63, 3.8) is 0 Å². The van der Waals surface area contributed by atoms with Crippen molar-refractivity contribution in [2.45, 2.75) is 43.0 Å². The Morgan fingerprint density at radius 3 is 2.39 bits per heavy atom. The fourth-order valence-electron chi connectivity index (χ4n) is 2.61. The summed E-state index contributed by atoms with van der Waals surface area (Å²) in [4.78, 5) is -0.145. The van der Waals surface area contributed by atoms with E-state index in [4.69, 9.17) is 11.6 Å². The standard InChI is InChI=1S/C16H19ClN2O2S2/c1-22-16(19-13-5-3-2-4-6-13)15(11-18)23(20,21)14-9-7-12(17)8-10-14/h7-10,13,19H,2-6H2,1H3. The number of halogens is 1. The second-order valence-electron chi connectivity index (χ2n) is 5.41. The maximum atomic E-state index is 12.7. The molecule has 0 aromatic heterocycles. The average Bonchev–Trinajstić information content (AvgIpc) is 2.55. The van der Waals surface area contributed by atoms with E-state index in [0.717, 1.165) is 25.7 Å². The summed E-state index contributed by atoms with van der Waals surface area (Å²) in [6.45, 7) is 0. The van der Waals surface area contributed by atoms with E-state index in [2.05, 4.69) is 5.32 Å². The van der Waals surface area contributed by atoms with E-state index < -0.39 is 9.84 Å². The topological polar surface area (TPSA) is 70.0 Å². The number of benzene rings is 1. The quantitative estimate of drug-likeness (QED) is 0.790. The van der Waals surface area contributed by atoms with E-state index in [9.17, 15) is 13.7 Å². The first-order valence-electron chi connectivity index (χ1n) is 7.44. The third-order valence-electron chi connectivity index (χ3n) is 3.84. The van der Waals surface area contributed by atoms with Gasteiger partial charge in [-0.15, -0.1) is 11.8 Å². The molecule has 23 heavy (non-hydrogen) atoms. The summed E-state index contributed by atoms with van der Waals surface area (Å²) < 4.78 is 25.5. The van der Waals surface area contributed by atoms with Gasteiger partial charge in [-0.25, -0.2) is 8.42 Å². The monoisotopic (exact) mass is 370 g/mol. The molecule has 124 valence electrons. The number of hydrogen-bond donors (Lipinski definition) is 1. The lowest BCUT2D eigenvalue weighted by molar-refractivity contribution is 0.402. The van der Waals surface area contributed by atoms with Crippen molar-refractivity contribution in [3.05, 3.63) is 39.2 Å². The van der Waals surface area contributed by atoms with Gasteiger partial charge < -0.3 is 5.32 Å². The minimum atomic E-state index is -3.85. The maximum Gasteiger partial charge on any atom is 0.219 e. The van der Waals surface area contributed by atoms with E-state index in [1.165, 1.54) is 42.4 Å². The molecule has 4 nitrogen and oxygen atoms in total. The highest BCUT2D eigenvalue weighted by molar-refractivity contribution is 8.04. The number of hydrogen-bond acceptors (Lipinski definition) is 5. The van der Waals surface area contributed by atoms with Gasteiger partial charge in [-0.05, 0) is 43.4 Å². The molecule has 1 saturated carbocycles. The predicted molar refractivity (Wildman–Crippen MR) is 94.8 cm³/mol. The van der Waals surface area contributed by atoms with Gasteiger partial charge >= 0.3 is 0 Å². The minimum Gasteiger partial charge on any atom is -0.375 e. The van der Waals surface area contributed by atoms with E-state index in [0.29, 0.717) is 10.1 Å². The van der Waals surface area contributed by atoms with Crippen molar-refractivity contribution in [2.24, 2.45) is 0 Å². The number of sulfone groups is 1. The molecule has 2 rings (SSSR count). The Kier molecular flexibility index (Phi) is 6.40. The first-order chi connectivity index (χ1) is 11.0. The molecule has 0 unspecified atom stereocenters. The first-order valence-corrected chi connectivity index (χ1v) is 10.5. The van der Waals surface area contributed by atoms with Crippen LogP contribution in [0.3, 0.4) is 0 Å². The molecule has 0 amide bonds. The predicted octanol–water partition coefficient (Wildman–Crippen LogP) is 4.09. The summed E-state index contributed by atoms with van der Waals surface area (Å²) in [5.74, 6) is 0. The van der Waals surface area contributed by atoms with Crippen LogP contribution in [0.4, 0.5) is 0 Å². The molecule has 0 saturated heterocycles. The lowest BCUT2D eigenvalue weighted by atomic mass is 9.96. The number of nitriles is 1.